The van der Waals surface area contributed by atoms with Crippen LogP contribution in [0.5, 0.6) is 0 Å². The summed E-state index contributed by atoms with van der Waals surface area (Å²) in [6.07, 6.45) is 4.15. The van der Waals surface area contributed by atoms with E-state index in [9.17, 15) is 4.79 Å². The van der Waals surface area contributed by atoms with Gasteiger partial charge in [-0.2, -0.15) is 6.42 Å². The molecule has 17 heavy (non-hydrogen) atoms. The van der Waals surface area contributed by atoms with E-state index in [1.54, 1.807) is 0 Å². The standard InChI is InChI=1S/C12H26N2O2.Na/c1-13(2)9-7-11-14(3,4)10-6-5-8-12(15)16;/h8H,5-7,9-11H2,1-4H3,(H,15,16);/q;+1. The van der Waals surface area contributed by atoms with Crippen LogP contribution >= 0.6 is 0 Å². The minimum atomic E-state index is -0.807. The molecule has 0 aliphatic heterocycles. The third-order valence-corrected chi connectivity index (χ3v) is 2.66. The van der Waals surface area contributed by atoms with Gasteiger partial charge in [0.2, 0.25) is 0 Å². The number of unbranched alkanes of at least 4 members (excludes halogenated alkanes) is 1. The van der Waals surface area contributed by atoms with Crippen LogP contribution in [0, 0.1) is 6.42 Å². The summed E-state index contributed by atoms with van der Waals surface area (Å²) < 4.78 is 0.974. The maximum Gasteiger partial charge on any atom is 1.00 e. The van der Waals surface area contributed by atoms with Crippen molar-refractivity contribution < 1.29 is 43.9 Å². The number of hydrogen-bond acceptors (Lipinski definition) is 2. The molecule has 0 aromatic carbocycles. The van der Waals surface area contributed by atoms with Crippen LogP contribution in [0.3, 0.4) is 0 Å². The topological polar surface area (TPSA) is 40.5 Å². The van der Waals surface area contributed by atoms with E-state index in [1.807, 2.05) is 0 Å². The summed E-state index contributed by atoms with van der Waals surface area (Å²) in [5, 5.41) is 8.48. The normalized spacial score (nSPS) is 11.1. The van der Waals surface area contributed by atoms with Crippen LogP contribution < -0.4 is 29.6 Å². The van der Waals surface area contributed by atoms with Crippen molar-refractivity contribution in [2.45, 2.75) is 19.3 Å². The first-order chi connectivity index (χ1) is 7.33. The maximum atomic E-state index is 10.3. The molecule has 0 spiro atoms. The zero-order valence-corrected chi connectivity index (χ0v) is 14.1. The SMILES string of the molecule is CN(C)CCC[N+](C)(C)CCC[CH-]C(=O)O.[Na+]. The van der Waals surface area contributed by atoms with Crippen molar-refractivity contribution in [1.29, 1.82) is 0 Å². The first-order valence-corrected chi connectivity index (χ1v) is 5.86. The van der Waals surface area contributed by atoms with Gasteiger partial charge in [0.25, 0.3) is 0 Å². The molecule has 0 atom stereocenters. The molecule has 0 rings (SSSR count). The Balaban J connectivity index is 0. The first kappa shape index (κ1) is 19.6. The summed E-state index contributed by atoms with van der Waals surface area (Å²) in [6.45, 7) is 3.30. The summed E-state index contributed by atoms with van der Waals surface area (Å²) in [5.74, 6) is -0.807. The van der Waals surface area contributed by atoms with Gasteiger partial charge in [0.15, 0.2) is 5.97 Å². The molecule has 0 aliphatic carbocycles. The van der Waals surface area contributed by atoms with E-state index in [1.165, 1.54) is 12.8 Å². The van der Waals surface area contributed by atoms with Crippen molar-refractivity contribution >= 4 is 5.97 Å². The van der Waals surface area contributed by atoms with E-state index in [0.29, 0.717) is 6.42 Å². The van der Waals surface area contributed by atoms with Crippen LogP contribution in [-0.2, 0) is 4.79 Å². The maximum absolute atomic E-state index is 10.3. The van der Waals surface area contributed by atoms with Crippen molar-refractivity contribution in [2.75, 3.05) is 47.8 Å². The molecule has 0 fully saturated rings. The molecule has 0 aromatic heterocycles. The molecule has 0 saturated carbocycles. The molecular formula is C12H26N2NaO2+. The van der Waals surface area contributed by atoms with Crippen LogP contribution in [0.4, 0.5) is 0 Å². The molecule has 0 amide bonds. The van der Waals surface area contributed by atoms with E-state index in [-0.39, 0.29) is 29.6 Å². The fourth-order valence-corrected chi connectivity index (χ4v) is 1.67. The van der Waals surface area contributed by atoms with Crippen molar-refractivity contribution in [3.8, 4) is 0 Å². The second kappa shape index (κ2) is 10.2. The second-order valence-corrected chi connectivity index (χ2v) is 5.22. The molecule has 0 unspecified atom stereocenters. The Kier molecular flexibility index (Phi) is 11.8. The monoisotopic (exact) mass is 253 g/mol. The third-order valence-electron chi connectivity index (χ3n) is 2.66. The second-order valence-electron chi connectivity index (χ2n) is 5.22. The minimum absolute atomic E-state index is 0. The summed E-state index contributed by atoms with van der Waals surface area (Å²) in [7, 11) is 8.58. The number of nitrogens with zero attached hydrogens (tertiary/aromatic N) is 2. The van der Waals surface area contributed by atoms with Crippen molar-refractivity contribution in [1.82, 2.24) is 4.90 Å². The number of aliphatic carboxylic acids is 1. The molecule has 0 aliphatic rings. The summed E-state index contributed by atoms with van der Waals surface area (Å²) >= 11 is 0. The van der Waals surface area contributed by atoms with E-state index in [0.717, 1.165) is 30.5 Å². The van der Waals surface area contributed by atoms with E-state index in [4.69, 9.17) is 5.11 Å². The number of carbonyl (C=O) groups is 1. The Labute approximate surface area is 128 Å². The van der Waals surface area contributed by atoms with Gasteiger partial charge in [-0.1, -0.05) is 0 Å². The Hall–Kier alpha value is 0.260. The van der Waals surface area contributed by atoms with Crippen LogP contribution in [0.15, 0.2) is 0 Å². The van der Waals surface area contributed by atoms with Gasteiger partial charge in [-0.15, -0.1) is 0 Å². The number of carboxylic acids is 1. The van der Waals surface area contributed by atoms with Crippen LogP contribution in [0.1, 0.15) is 19.3 Å². The fraction of sp³-hybridized carbons (Fsp3) is 0.833. The first-order valence-electron chi connectivity index (χ1n) is 5.86. The summed E-state index contributed by atoms with van der Waals surface area (Å²) in [4.78, 5) is 12.5. The smallest absolute Gasteiger partial charge is 0.503 e. The van der Waals surface area contributed by atoms with Crippen molar-refractivity contribution in [2.24, 2.45) is 0 Å². The number of carboxylic acid groups (broad SMARTS) is 1. The van der Waals surface area contributed by atoms with Gasteiger partial charge in [0, 0.05) is 13.0 Å². The third kappa shape index (κ3) is 14.2. The van der Waals surface area contributed by atoms with Crippen molar-refractivity contribution in [3.05, 3.63) is 6.42 Å². The summed E-state index contributed by atoms with van der Waals surface area (Å²) in [5.41, 5.74) is 0. The zero-order valence-electron chi connectivity index (χ0n) is 12.1. The predicted molar refractivity (Wildman–Crippen MR) is 66.2 cm³/mol. The Morgan fingerprint density at radius 3 is 2.24 bits per heavy atom. The van der Waals surface area contributed by atoms with Gasteiger partial charge in [-0.3, -0.25) is 11.2 Å². The van der Waals surface area contributed by atoms with Crippen LogP contribution in [0.2, 0.25) is 0 Å². The van der Waals surface area contributed by atoms with Gasteiger partial charge in [0.1, 0.15) is 0 Å². The molecule has 0 aromatic rings. The van der Waals surface area contributed by atoms with E-state index in [2.05, 4.69) is 33.1 Å². The van der Waals surface area contributed by atoms with Gasteiger partial charge in [-0.05, 0) is 20.5 Å². The van der Waals surface area contributed by atoms with Crippen LogP contribution in [0.25, 0.3) is 0 Å². The number of quaternary nitrogens is 1. The molecule has 4 nitrogen and oxygen atoms in total. The average molecular weight is 253 g/mol. The molecule has 5 heteroatoms. The number of hydrogen-bond donors (Lipinski definition) is 1. The molecule has 0 bridgehead atoms. The fourth-order valence-electron chi connectivity index (χ4n) is 1.67. The predicted octanol–water partition coefficient (Wildman–Crippen LogP) is -1.91. The molecule has 1 N–H and O–H groups in total. The largest absolute Gasteiger partial charge is 1.00 e. The zero-order chi connectivity index (χ0) is 12.6. The Bertz CT molecular complexity index is 209. The van der Waals surface area contributed by atoms with E-state index >= 15 is 0 Å². The molecular weight excluding hydrogens is 227 g/mol. The van der Waals surface area contributed by atoms with Crippen molar-refractivity contribution in [3.63, 3.8) is 0 Å². The quantitative estimate of drug-likeness (QED) is 0.226. The summed E-state index contributed by atoms with van der Waals surface area (Å²) in [6, 6.07) is 0. The molecule has 0 radical (unpaired) electrons. The Morgan fingerprint density at radius 2 is 1.76 bits per heavy atom. The van der Waals surface area contributed by atoms with Gasteiger partial charge in [-0.25, -0.2) is 0 Å². The molecule has 96 valence electrons. The van der Waals surface area contributed by atoms with Gasteiger partial charge < -0.3 is 14.5 Å². The average Bonchev–Trinajstić information content (AvgIpc) is 2.11. The number of rotatable bonds is 9. The molecule has 0 saturated heterocycles. The van der Waals surface area contributed by atoms with E-state index < -0.39 is 5.97 Å². The minimum Gasteiger partial charge on any atom is -0.503 e. The van der Waals surface area contributed by atoms with Gasteiger partial charge in [0.05, 0.1) is 27.2 Å². The van der Waals surface area contributed by atoms with Crippen LogP contribution in [-0.4, -0.2) is 68.3 Å². The van der Waals surface area contributed by atoms with Gasteiger partial charge >= 0.3 is 29.6 Å². The Morgan fingerprint density at radius 1 is 1.24 bits per heavy atom. The molecule has 0 heterocycles.